The molecule has 2 aromatic carbocycles. The van der Waals surface area contributed by atoms with Gasteiger partial charge < -0.3 is 15.4 Å². The molecule has 28 heavy (non-hydrogen) atoms. The first-order valence-electron chi connectivity index (χ1n) is 8.64. The average molecular weight is 390 g/mol. The number of benzene rings is 2. The van der Waals surface area contributed by atoms with Gasteiger partial charge in [0.05, 0.1) is 12.5 Å². The summed E-state index contributed by atoms with van der Waals surface area (Å²) in [6, 6.07) is 11.9. The second kappa shape index (κ2) is 10.1. The molecular formula is C20H20F2N2O4. The Kier molecular flexibility index (Phi) is 7.62. The van der Waals surface area contributed by atoms with E-state index >= 15 is 0 Å². The lowest BCUT2D eigenvalue weighted by Crippen LogP contribution is -2.36. The van der Waals surface area contributed by atoms with E-state index in [1.165, 1.54) is 6.07 Å². The van der Waals surface area contributed by atoms with Gasteiger partial charge >= 0.3 is 5.97 Å². The highest BCUT2D eigenvalue weighted by atomic mass is 19.2. The minimum absolute atomic E-state index is 0.0539. The molecule has 8 heteroatoms. The maximum absolute atomic E-state index is 13.1. The summed E-state index contributed by atoms with van der Waals surface area (Å²) in [6.07, 6.45) is 0.515. The number of rotatable bonds is 8. The number of halogens is 2. The molecule has 0 aliphatic rings. The van der Waals surface area contributed by atoms with E-state index in [-0.39, 0.29) is 5.69 Å². The highest BCUT2D eigenvalue weighted by molar-refractivity contribution is 5.94. The number of hydrogen-bond donors (Lipinski definition) is 2. The molecule has 1 atom stereocenters. The van der Waals surface area contributed by atoms with E-state index < -0.39 is 48.5 Å². The van der Waals surface area contributed by atoms with Crippen molar-refractivity contribution in [3.63, 3.8) is 0 Å². The van der Waals surface area contributed by atoms with Gasteiger partial charge in [-0.1, -0.05) is 37.3 Å². The Morgan fingerprint density at radius 2 is 1.71 bits per heavy atom. The van der Waals surface area contributed by atoms with Gasteiger partial charge in [0.15, 0.2) is 18.2 Å². The fraction of sp³-hybridized carbons (Fsp3) is 0.250. The Morgan fingerprint density at radius 3 is 2.36 bits per heavy atom. The summed E-state index contributed by atoms with van der Waals surface area (Å²) in [5, 5.41) is 4.60. The molecule has 0 unspecified atom stereocenters. The lowest BCUT2D eigenvalue weighted by Gasteiger charge is -2.14. The van der Waals surface area contributed by atoms with Crippen LogP contribution in [0.1, 0.15) is 24.8 Å². The topological polar surface area (TPSA) is 84.5 Å². The molecule has 2 amide bonds. The zero-order chi connectivity index (χ0) is 20.5. The Hall–Kier alpha value is -3.29. The summed E-state index contributed by atoms with van der Waals surface area (Å²) in [5.74, 6) is -4.44. The summed E-state index contributed by atoms with van der Waals surface area (Å²) in [4.78, 5) is 35.7. The molecule has 0 aliphatic carbocycles. The first-order valence-corrected chi connectivity index (χ1v) is 8.64. The molecule has 0 heterocycles. The van der Waals surface area contributed by atoms with Crippen LogP contribution in [0.2, 0.25) is 0 Å². The molecular weight excluding hydrogens is 370 g/mol. The van der Waals surface area contributed by atoms with Crippen LogP contribution in [0.4, 0.5) is 14.5 Å². The molecule has 2 rings (SSSR count). The van der Waals surface area contributed by atoms with Crippen molar-refractivity contribution in [3.05, 3.63) is 65.7 Å². The number of nitrogens with one attached hydrogen (secondary N) is 2. The van der Waals surface area contributed by atoms with Crippen molar-refractivity contribution in [3.8, 4) is 0 Å². The Morgan fingerprint density at radius 1 is 1.00 bits per heavy atom. The SMILES string of the molecule is CC[C@@H](C(=O)OCC(=O)NCC(=O)Nc1ccc(F)c(F)c1)c1ccccc1. The second-order valence-electron chi connectivity index (χ2n) is 5.93. The third-order valence-electron chi connectivity index (χ3n) is 3.89. The largest absolute Gasteiger partial charge is 0.455 e. The van der Waals surface area contributed by atoms with Crippen molar-refractivity contribution in [2.75, 3.05) is 18.5 Å². The van der Waals surface area contributed by atoms with Crippen molar-refractivity contribution >= 4 is 23.5 Å². The van der Waals surface area contributed by atoms with Gasteiger partial charge in [0, 0.05) is 11.8 Å². The van der Waals surface area contributed by atoms with Crippen LogP contribution in [0, 0.1) is 11.6 Å². The van der Waals surface area contributed by atoms with Crippen molar-refractivity contribution in [2.24, 2.45) is 0 Å². The minimum atomic E-state index is -1.10. The molecule has 0 fully saturated rings. The van der Waals surface area contributed by atoms with Crippen LogP contribution in [0.3, 0.4) is 0 Å². The second-order valence-corrected chi connectivity index (χ2v) is 5.93. The van der Waals surface area contributed by atoms with E-state index in [4.69, 9.17) is 4.74 Å². The zero-order valence-corrected chi connectivity index (χ0v) is 15.2. The fourth-order valence-electron chi connectivity index (χ4n) is 2.47. The van der Waals surface area contributed by atoms with Crippen molar-refractivity contribution in [2.45, 2.75) is 19.3 Å². The number of carbonyl (C=O) groups is 3. The van der Waals surface area contributed by atoms with E-state index in [1.807, 2.05) is 25.1 Å². The summed E-state index contributed by atoms with van der Waals surface area (Å²) in [5.41, 5.74) is 0.847. The van der Waals surface area contributed by atoms with Crippen molar-refractivity contribution in [1.82, 2.24) is 5.32 Å². The summed E-state index contributed by atoms with van der Waals surface area (Å²) >= 11 is 0. The lowest BCUT2D eigenvalue weighted by atomic mass is 9.97. The zero-order valence-electron chi connectivity index (χ0n) is 15.2. The molecule has 0 aromatic heterocycles. The Bertz CT molecular complexity index is 843. The molecule has 148 valence electrons. The number of carbonyl (C=O) groups excluding carboxylic acids is 3. The van der Waals surface area contributed by atoms with Crippen LogP contribution in [0.25, 0.3) is 0 Å². The Labute approximate surface area is 160 Å². The monoisotopic (exact) mass is 390 g/mol. The third-order valence-corrected chi connectivity index (χ3v) is 3.89. The first-order chi connectivity index (χ1) is 13.4. The summed E-state index contributed by atoms with van der Waals surface area (Å²) < 4.78 is 31.0. The van der Waals surface area contributed by atoms with Crippen LogP contribution >= 0.6 is 0 Å². The highest BCUT2D eigenvalue weighted by Gasteiger charge is 2.21. The molecule has 0 bridgehead atoms. The number of ether oxygens (including phenoxy) is 1. The smallest absolute Gasteiger partial charge is 0.313 e. The van der Waals surface area contributed by atoms with E-state index in [1.54, 1.807) is 12.1 Å². The van der Waals surface area contributed by atoms with Crippen LogP contribution in [0.5, 0.6) is 0 Å². The van der Waals surface area contributed by atoms with Crippen molar-refractivity contribution in [1.29, 1.82) is 0 Å². The standard InChI is InChI=1S/C20H20F2N2O4/c1-2-15(13-6-4-3-5-7-13)20(27)28-12-19(26)23-11-18(25)24-14-8-9-16(21)17(22)10-14/h3-10,15H,2,11-12H2,1H3,(H,23,26)(H,24,25)/t15-/m1/s1. The maximum Gasteiger partial charge on any atom is 0.313 e. The van der Waals surface area contributed by atoms with E-state index in [9.17, 15) is 23.2 Å². The molecule has 0 radical (unpaired) electrons. The van der Waals surface area contributed by atoms with Gasteiger partial charge in [-0.05, 0) is 24.1 Å². The molecule has 0 spiro atoms. The molecule has 2 N–H and O–H groups in total. The van der Waals surface area contributed by atoms with Gasteiger partial charge in [-0.15, -0.1) is 0 Å². The highest BCUT2D eigenvalue weighted by Crippen LogP contribution is 2.20. The molecule has 6 nitrogen and oxygen atoms in total. The molecule has 0 aliphatic heterocycles. The normalized spacial score (nSPS) is 11.4. The van der Waals surface area contributed by atoms with Crippen LogP contribution in [-0.2, 0) is 19.1 Å². The Balaban J connectivity index is 1.76. The fourth-order valence-corrected chi connectivity index (χ4v) is 2.47. The van der Waals surface area contributed by atoms with Gasteiger partial charge in [0.25, 0.3) is 5.91 Å². The van der Waals surface area contributed by atoms with Gasteiger partial charge in [-0.2, -0.15) is 0 Å². The predicted molar refractivity (Wildman–Crippen MR) is 98.4 cm³/mol. The quantitative estimate of drug-likeness (QED) is 0.679. The van der Waals surface area contributed by atoms with Gasteiger partial charge in [-0.25, -0.2) is 8.78 Å². The van der Waals surface area contributed by atoms with Gasteiger partial charge in [0.2, 0.25) is 5.91 Å². The van der Waals surface area contributed by atoms with Gasteiger partial charge in [0.1, 0.15) is 0 Å². The number of amides is 2. The van der Waals surface area contributed by atoms with E-state index in [0.717, 1.165) is 17.7 Å². The van der Waals surface area contributed by atoms with Gasteiger partial charge in [-0.3, -0.25) is 14.4 Å². The van der Waals surface area contributed by atoms with Crippen LogP contribution in [0.15, 0.2) is 48.5 Å². The minimum Gasteiger partial charge on any atom is -0.455 e. The number of esters is 1. The lowest BCUT2D eigenvalue weighted by molar-refractivity contribution is -0.150. The number of anilines is 1. The summed E-state index contributed by atoms with van der Waals surface area (Å²) in [7, 11) is 0. The molecule has 2 aromatic rings. The van der Waals surface area contributed by atoms with Crippen LogP contribution < -0.4 is 10.6 Å². The van der Waals surface area contributed by atoms with Crippen molar-refractivity contribution < 1.29 is 27.9 Å². The van der Waals surface area contributed by atoms with E-state index in [0.29, 0.717) is 6.42 Å². The number of hydrogen-bond acceptors (Lipinski definition) is 4. The van der Waals surface area contributed by atoms with E-state index in [2.05, 4.69) is 10.6 Å². The average Bonchev–Trinajstić information content (AvgIpc) is 2.69. The molecule has 0 saturated heterocycles. The third kappa shape index (κ3) is 6.15. The van der Waals surface area contributed by atoms with Crippen LogP contribution in [-0.4, -0.2) is 30.9 Å². The predicted octanol–water partition coefficient (Wildman–Crippen LogP) is 2.76. The molecule has 0 saturated carbocycles. The summed E-state index contributed by atoms with van der Waals surface area (Å²) in [6.45, 7) is 0.896. The maximum atomic E-state index is 13.1. The first kappa shape index (κ1) is 21.0.